The molecule has 0 bridgehead atoms. The first-order chi connectivity index (χ1) is 16.8. The van der Waals surface area contributed by atoms with Crippen molar-refractivity contribution in [3.05, 3.63) is 59.7 Å². The summed E-state index contributed by atoms with van der Waals surface area (Å²) in [6.45, 7) is 4.11. The first kappa shape index (κ1) is 24.7. The van der Waals surface area contributed by atoms with Crippen molar-refractivity contribution in [3.63, 3.8) is 0 Å². The minimum Gasteiger partial charge on any atom is -0.480 e. The molecule has 4 rings (SSSR count). The predicted molar refractivity (Wildman–Crippen MR) is 130 cm³/mol. The number of aliphatic carboxylic acids is 1. The van der Waals surface area contributed by atoms with Gasteiger partial charge in [0.15, 0.2) is 0 Å². The lowest BCUT2D eigenvalue weighted by atomic mass is 9.87. The standard InChI is InChI=1S/C27H32N2O6/c1-3-12-26(2,23(30)28-27(24(31)32)13-15-34-16-14-27)29-25(33)35-17-22-20-10-6-4-8-18(20)19-9-5-7-11-21(19)22/h4-11,22H,3,12-17H2,1-2H3,(H,28,30)(H,29,33)(H,31,32). The Morgan fingerprint density at radius 3 is 2.17 bits per heavy atom. The van der Waals surface area contributed by atoms with E-state index in [-0.39, 0.29) is 38.6 Å². The molecule has 1 aliphatic heterocycles. The van der Waals surface area contributed by atoms with Crippen LogP contribution in [0.2, 0.25) is 0 Å². The fourth-order valence-electron chi connectivity index (χ4n) is 5.06. The number of carboxylic acids is 1. The molecule has 2 aliphatic rings. The van der Waals surface area contributed by atoms with Gasteiger partial charge in [-0.05, 0) is 35.6 Å². The zero-order chi connectivity index (χ0) is 25.1. The zero-order valence-corrected chi connectivity index (χ0v) is 20.1. The van der Waals surface area contributed by atoms with Crippen LogP contribution in [0.4, 0.5) is 4.79 Å². The first-order valence-electron chi connectivity index (χ1n) is 12.1. The van der Waals surface area contributed by atoms with Gasteiger partial charge in [-0.2, -0.15) is 0 Å². The second kappa shape index (κ2) is 10.1. The molecule has 1 aliphatic carbocycles. The number of benzene rings is 2. The summed E-state index contributed by atoms with van der Waals surface area (Å²) < 4.78 is 10.9. The van der Waals surface area contributed by atoms with Crippen molar-refractivity contribution in [2.24, 2.45) is 0 Å². The third-order valence-electron chi connectivity index (χ3n) is 7.08. The van der Waals surface area contributed by atoms with Crippen LogP contribution in [0.1, 0.15) is 56.6 Å². The third-order valence-corrected chi connectivity index (χ3v) is 7.08. The minimum atomic E-state index is -1.41. The number of nitrogens with one attached hydrogen (secondary N) is 2. The highest BCUT2D eigenvalue weighted by atomic mass is 16.5. The van der Waals surface area contributed by atoms with Crippen LogP contribution in [-0.2, 0) is 19.1 Å². The normalized spacial score (nSPS) is 18.0. The number of ether oxygens (including phenoxy) is 2. The van der Waals surface area contributed by atoms with Gasteiger partial charge in [-0.15, -0.1) is 0 Å². The molecule has 1 unspecified atom stereocenters. The monoisotopic (exact) mass is 480 g/mol. The Kier molecular flexibility index (Phi) is 7.12. The van der Waals surface area contributed by atoms with E-state index < -0.39 is 29.0 Å². The molecule has 2 amide bonds. The van der Waals surface area contributed by atoms with Crippen LogP contribution in [0, 0.1) is 0 Å². The quantitative estimate of drug-likeness (QED) is 0.529. The molecular formula is C27H32N2O6. The molecule has 0 aromatic heterocycles. The number of carbonyl (C=O) groups is 3. The number of rotatable bonds is 8. The molecule has 8 nitrogen and oxygen atoms in total. The summed E-state index contributed by atoms with van der Waals surface area (Å²) >= 11 is 0. The Bertz CT molecular complexity index is 1060. The van der Waals surface area contributed by atoms with E-state index in [0.717, 1.165) is 22.3 Å². The molecule has 186 valence electrons. The highest BCUT2D eigenvalue weighted by Crippen LogP contribution is 2.44. The molecule has 3 N–H and O–H groups in total. The summed E-state index contributed by atoms with van der Waals surface area (Å²) in [5, 5.41) is 15.2. The van der Waals surface area contributed by atoms with Crippen LogP contribution in [-0.4, -0.2) is 54.0 Å². The van der Waals surface area contributed by atoms with Crippen LogP contribution >= 0.6 is 0 Å². The van der Waals surface area contributed by atoms with Crippen LogP contribution < -0.4 is 10.6 Å². The lowest BCUT2D eigenvalue weighted by Gasteiger charge is -2.38. The number of hydrogen-bond acceptors (Lipinski definition) is 5. The molecule has 0 radical (unpaired) electrons. The first-order valence-corrected chi connectivity index (χ1v) is 12.1. The van der Waals surface area contributed by atoms with Crippen molar-refractivity contribution in [3.8, 4) is 11.1 Å². The highest BCUT2D eigenvalue weighted by Gasteiger charge is 2.46. The molecule has 35 heavy (non-hydrogen) atoms. The third kappa shape index (κ3) is 4.89. The number of carbonyl (C=O) groups excluding carboxylic acids is 2. The summed E-state index contributed by atoms with van der Waals surface area (Å²) in [7, 11) is 0. The van der Waals surface area contributed by atoms with Crippen molar-refractivity contribution in [1.29, 1.82) is 0 Å². The van der Waals surface area contributed by atoms with Gasteiger partial charge in [0.1, 0.15) is 17.7 Å². The predicted octanol–water partition coefficient (Wildman–Crippen LogP) is 3.83. The van der Waals surface area contributed by atoms with Gasteiger partial charge in [0.05, 0.1) is 0 Å². The second-order valence-electron chi connectivity index (χ2n) is 9.49. The smallest absolute Gasteiger partial charge is 0.408 e. The number of carboxylic acid groups (broad SMARTS) is 1. The fourth-order valence-corrected chi connectivity index (χ4v) is 5.06. The maximum Gasteiger partial charge on any atom is 0.408 e. The van der Waals surface area contributed by atoms with Gasteiger partial charge in [0.25, 0.3) is 0 Å². The summed E-state index contributed by atoms with van der Waals surface area (Å²) in [6.07, 6.45) is 0.559. The molecular weight excluding hydrogens is 448 g/mol. The number of alkyl carbamates (subject to hydrolysis) is 1. The van der Waals surface area contributed by atoms with Crippen LogP contribution in [0.5, 0.6) is 0 Å². The topological polar surface area (TPSA) is 114 Å². The summed E-state index contributed by atoms with van der Waals surface area (Å²) in [4.78, 5) is 38.1. The molecule has 1 heterocycles. The van der Waals surface area contributed by atoms with Crippen LogP contribution in [0.25, 0.3) is 11.1 Å². The van der Waals surface area contributed by atoms with E-state index in [9.17, 15) is 19.5 Å². The average molecular weight is 481 g/mol. The van der Waals surface area contributed by atoms with Gasteiger partial charge < -0.3 is 25.2 Å². The second-order valence-corrected chi connectivity index (χ2v) is 9.49. The maximum atomic E-state index is 13.3. The van der Waals surface area contributed by atoms with E-state index in [1.807, 2.05) is 43.3 Å². The van der Waals surface area contributed by atoms with E-state index in [0.29, 0.717) is 12.8 Å². The number of amides is 2. The Balaban J connectivity index is 1.45. The Labute approximate surface area is 205 Å². The lowest BCUT2D eigenvalue weighted by Crippen LogP contribution is -2.65. The van der Waals surface area contributed by atoms with E-state index >= 15 is 0 Å². The molecule has 0 saturated carbocycles. The molecule has 0 spiro atoms. The summed E-state index contributed by atoms with van der Waals surface area (Å²) in [5.74, 6) is -1.75. The number of fused-ring (bicyclic) bond motifs is 3. The molecule has 1 atom stereocenters. The molecule has 1 fully saturated rings. The zero-order valence-electron chi connectivity index (χ0n) is 20.1. The van der Waals surface area contributed by atoms with Crippen molar-refractivity contribution >= 4 is 18.0 Å². The van der Waals surface area contributed by atoms with Gasteiger partial charge in [-0.25, -0.2) is 9.59 Å². The van der Waals surface area contributed by atoms with Gasteiger partial charge in [0.2, 0.25) is 5.91 Å². The number of hydrogen-bond donors (Lipinski definition) is 3. The van der Waals surface area contributed by atoms with Gasteiger partial charge in [-0.3, -0.25) is 4.79 Å². The van der Waals surface area contributed by atoms with Gasteiger partial charge in [0, 0.05) is 32.0 Å². The van der Waals surface area contributed by atoms with E-state index in [4.69, 9.17) is 9.47 Å². The van der Waals surface area contributed by atoms with E-state index in [2.05, 4.69) is 22.8 Å². The lowest BCUT2D eigenvalue weighted by molar-refractivity contribution is -0.153. The fraction of sp³-hybridized carbons (Fsp3) is 0.444. The molecule has 2 aromatic carbocycles. The maximum absolute atomic E-state index is 13.3. The summed E-state index contributed by atoms with van der Waals surface area (Å²) in [6, 6.07) is 16.1. The van der Waals surface area contributed by atoms with E-state index in [1.165, 1.54) is 0 Å². The highest BCUT2D eigenvalue weighted by molar-refractivity contribution is 5.94. The van der Waals surface area contributed by atoms with Crippen LogP contribution in [0.15, 0.2) is 48.5 Å². The molecule has 2 aromatic rings. The average Bonchev–Trinajstić information content (AvgIpc) is 3.17. The largest absolute Gasteiger partial charge is 0.480 e. The van der Waals surface area contributed by atoms with Gasteiger partial charge >= 0.3 is 12.1 Å². The van der Waals surface area contributed by atoms with Crippen molar-refractivity contribution in [2.75, 3.05) is 19.8 Å². The Hall–Kier alpha value is -3.39. The summed E-state index contributed by atoms with van der Waals surface area (Å²) in [5.41, 5.74) is 1.72. The SMILES string of the molecule is CCCC(C)(NC(=O)OCC1c2ccccc2-c2ccccc21)C(=O)NC1(C(=O)O)CCOCC1. The van der Waals surface area contributed by atoms with Crippen molar-refractivity contribution in [1.82, 2.24) is 10.6 Å². The molecule has 8 heteroatoms. The Morgan fingerprint density at radius 1 is 1.06 bits per heavy atom. The van der Waals surface area contributed by atoms with E-state index in [1.54, 1.807) is 6.92 Å². The van der Waals surface area contributed by atoms with Crippen LogP contribution in [0.3, 0.4) is 0 Å². The van der Waals surface area contributed by atoms with Gasteiger partial charge in [-0.1, -0.05) is 61.9 Å². The minimum absolute atomic E-state index is 0.100. The van der Waals surface area contributed by atoms with Crippen molar-refractivity contribution in [2.45, 2.75) is 56.5 Å². The molecule has 1 saturated heterocycles. The van der Waals surface area contributed by atoms with Crippen molar-refractivity contribution < 1.29 is 29.0 Å². The Morgan fingerprint density at radius 2 is 1.63 bits per heavy atom.